The van der Waals surface area contributed by atoms with Crippen LogP contribution >= 0.6 is 0 Å². The van der Waals surface area contributed by atoms with Crippen LogP contribution in [0.25, 0.3) is 0 Å². The van der Waals surface area contributed by atoms with Crippen LogP contribution < -0.4 is 0 Å². The van der Waals surface area contributed by atoms with Gasteiger partial charge in [0, 0.05) is 11.1 Å². The van der Waals surface area contributed by atoms with Crippen molar-refractivity contribution in [3.05, 3.63) is 35.3 Å². The van der Waals surface area contributed by atoms with Crippen molar-refractivity contribution in [1.82, 2.24) is 0 Å². The van der Waals surface area contributed by atoms with Gasteiger partial charge in [0.2, 0.25) is 5.78 Å². The summed E-state index contributed by atoms with van der Waals surface area (Å²) in [6.07, 6.45) is 1.65. The molecule has 0 amide bonds. The number of hydrogen-bond acceptors (Lipinski definition) is 3. The van der Waals surface area contributed by atoms with Gasteiger partial charge in [-0.15, -0.1) is 0 Å². The lowest BCUT2D eigenvalue weighted by Crippen LogP contribution is -2.18. The van der Waals surface area contributed by atoms with Crippen molar-refractivity contribution in [2.75, 3.05) is 14.2 Å². The number of Topliss-reactive ketones (excluding diaryl/α,β-unsaturated/α-hetero) is 1. The Kier molecular flexibility index (Phi) is 3.35. The summed E-state index contributed by atoms with van der Waals surface area (Å²) in [5, 5.41) is 0. The first-order chi connectivity index (χ1) is 7.02. The topological polar surface area (TPSA) is 35.5 Å². The van der Waals surface area contributed by atoms with Gasteiger partial charge in [-0.25, -0.2) is 0 Å². The predicted octanol–water partition coefficient (Wildman–Crippen LogP) is 2.21. The third-order valence-corrected chi connectivity index (χ3v) is 2.31. The van der Waals surface area contributed by atoms with Gasteiger partial charge in [-0.1, -0.05) is 20.4 Å². The third kappa shape index (κ3) is 1.96. The number of carbonyl (C=O) groups excluding carboxylic acids is 1. The first-order valence-corrected chi connectivity index (χ1v) is 4.80. The molecule has 0 saturated heterocycles. The maximum atomic E-state index is 11.8. The van der Waals surface area contributed by atoms with Gasteiger partial charge in [0.15, 0.2) is 5.76 Å². The van der Waals surface area contributed by atoms with E-state index in [9.17, 15) is 4.79 Å². The van der Waals surface area contributed by atoms with E-state index in [0.29, 0.717) is 17.1 Å². The average Bonchev–Trinajstić information content (AvgIpc) is 2.20. The van der Waals surface area contributed by atoms with E-state index < -0.39 is 0 Å². The zero-order valence-electron chi connectivity index (χ0n) is 9.59. The lowest BCUT2D eigenvalue weighted by atomic mass is 9.91. The molecule has 0 spiro atoms. The fourth-order valence-corrected chi connectivity index (χ4v) is 1.60. The minimum absolute atomic E-state index is 0.165. The van der Waals surface area contributed by atoms with E-state index in [0.717, 1.165) is 5.57 Å². The first-order valence-electron chi connectivity index (χ1n) is 4.80. The van der Waals surface area contributed by atoms with Crippen LogP contribution in [0.2, 0.25) is 0 Å². The van der Waals surface area contributed by atoms with Crippen molar-refractivity contribution >= 4 is 5.78 Å². The smallest absolute Gasteiger partial charge is 0.227 e. The Bertz CT molecular complexity index is 359. The minimum Gasteiger partial charge on any atom is -0.496 e. The van der Waals surface area contributed by atoms with Crippen LogP contribution in [0, 0.1) is 5.92 Å². The normalized spacial score (nSPS) is 17.0. The number of allylic oxidation sites excluding steroid dienone is 3. The van der Waals surface area contributed by atoms with Gasteiger partial charge < -0.3 is 9.47 Å². The van der Waals surface area contributed by atoms with E-state index in [1.165, 1.54) is 7.11 Å². The summed E-state index contributed by atoms with van der Waals surface area (Å²) in [6, 6.07) is 0. The average molecular weight is 208 g/mol. The van der Waals surface area contributed by atoms with Crippen LogP contribution in [-0.4, -0.2) is 20.0 Å². The lowest BCUT2D eigenvalue weighted by molar-refractivity contribution is -0.115. The Morgan fingerprint density at radius 3 is 2.27 bits per heavy atom. The van der Waals surface area contributed by atoms with Crippen LogP contribution in [-0.2, 0) is 14.3 Å². The molecule has 0 heterocycles. The van der Waals surface area contributed by atoms with E-state index in [1.807, 2.05) is 13.8 Å². The molecule has 0 fully saturated rings. The molecule has 0 saturated carbocycles. The minimum atomic E-state index is -0.165. The predicted molar refractivity (Wildman–Crippen MR) is 58.1 cm³/mol. The molecule has 0 atom stereocenters. The molecule has 0 aromatic carbocycles. The van der Waals surface area contributed by atoms with Gasteiger partial charge in [-0.3, -0.25) is 4.79 Å². The summed E-state index contributed by atoms with van der Waals surface area (Å²) < 4.78 is 10.4. The fraction of sp³-hybridized carbons (Fsp3) is 0.417. The third-order valence-electron chi connectivity index (χ3n) is 2.31. The van der Waals surface area contributed by atoms with Gasteiger partial charge in [-0.05, 0) is 12.0 Å². The van der Waals surface area contributed by atoms with Gasteiger partial charge in [0.25, 0.3) is 0 Å². The van der Waals surface area contributed by atoms with Crippen molar-refractivity contribution in [2.24, 2.45) is 5.92 Å². The van der Waals surface area contributed by atoms with E-state index in [1.54, 1.807) is 13.2 Å². The van der Waals surface area contributed by atoms with Gasteiger partial charge >= 0.3 is 0 Å². The fourth-order valence-electron chi connectivity index (χ4n) is 1.60. The van der Waals surface area contributed by atoms with Crippen molar-refractivity contribution < 1.29 is 14.3 Å². The molecule has 0 radical (unpaired) electrons. The molecule has 0 aromatic heterocycles. The van der Waals surface area contributed by atoms with E-state index in [2.05, 4.69) is 6.58 Å². The highest BCUT2D eigenvalue weighted by Crippen LogP contribution is 2.31. The number of ketones is 1. The van der Waals surface area contributed by atoms with E-state index >= 15 is 0 Å². The van der Waals surface area contributed by atoms with Crippen LogP contribution in [0.5, 0.6) is 0 Å². The zero-order valence-corrected chi connectivity index (χ0v) is 9.59. The van der Waals surface area contributed by atoms with Gasteiger partial charge in [-0.2, -0.15) is 0 Å². The maximum Gasteiger partial charge on any atom is 0.227 e. The Morgan fingerprint density at radius 1 is 1.27 bits per heavy atom. The number of carbonyl (C=O) groups is 1. The summed E-state index contributed by atoms with van der Waals surface area (Å²) in [5.74, 6) is 1.01. The Morgan fingerprint density at radius 2 is 1.87 bits per heavy atom. The first kappa shape index (κ1) is 11.6. The van der Waals surface area contributed by atoms with Crippen LogP contribution in [0.3, 0.4) is 0 Å². The molecule has 1 rings (SSSR count). The molecule has 0 unspecified atom stereocenters. The lowest BCUT2D eigenvalue weighted by Gasteiger charge is -2.22. The highest BCUT2D eigenvalue weighted by molar-refractivity contribution is 6.10. The molecule has 3 heteroatoms. The quantitative estimate of drug-likeness (QED) is 0.667. The number of hydrogen-bond donors (Lipinski definition) is 0. The summed E-state index contributed by atoms with van der Waals surface area (Å²) in [4.78, 5) is 11.8. The molecule has 82 valence electrons. The molecule has 0 N–H and O–H groups in total. The maximum absolute atomic E-state index is 11.8. The molecular formula is C12H16O3. The molecule has 3 nitrogen and oxygen atoms in total. The van der Waals surface area contributed by atoms with E-state index in [4.69, 9.17) is 9.47 Å². The van der Waals surface area contributed by atoms with Crippen molar-refractivity contribution in [1.29, 1.82) is 0 Å². The Balaban J connectivity index is 3.32. The number of rotatable bonds is 3. The number of ether oxygens (including phenoxy) is 2. The standard InChI is InChI=1S/C12H16O3/c1-7(2)10-9(14-4)6-8(3)11(13)12(10)15-5/h6-7H,3H2,1-2,4-5H3. The highest BCUT2D eigenvalue weighted by atomic mass is 16.5. The molecule has 0 aromatic rings. The van der Waals surface area contributed by atoms with Gasteiger partial charge in [0.1, 0.15) is 5.76 Å². The zero-order chi connectivity index (χ0) is 11.6. The summed E-state index contributed by atoms with van der Waals surface area (Å²) in [7, 11) is 3.06. The largest absolute Gasteiger partial charge is 0.496 e. The second-order valence-electron chi connectivity index (χ2n) is 3.67. The van der Waals surface area contributed by atoms with Crippen LogP contribution in [0.4, 0.5) is 0 Å². The molecule has 1 aliphatic rings. The summed E-state index contributed by atoms with van der Waals surface area (Å²) in [5.41, 5.74) is 1.20. The second-order valence-corrected chi connectivity index (χ2v) is 3.67. The second kappa shape index (κ2) is 4.34. The Labute approximate surface area is 90.1 Å². The molecular weight excluding hydrogens is 192 g/mol. The molecule has 15 heavy (non-hydrogen) atoms. The summed E-state index contributed by atoms with van der Waals surface area (Å²) >= 11 is 0. The Hall–Kier alpha value is -1.51. The molecule has 0 aliphatic heterocycles. The van der Waals surface area contributed by atoms with E-state index in [-0.39, 0.29) is 11.7 Å². The number of methoxy groups -OCH3 is 2. The van der Waals surface area contributed by atoms with Gasteiger partial charge in [0.05, 0.1) is 14.2 Å². The van der Waals surface area contributed by atoms with Crippen LogP contribution in [0.15, 0.2) is 35.3 Å². The monoisotopic (exact) mass is 208 g/mol. The van der Waals surface area contributed by atoms with Crippen molar-refractivity contribution in [3.63, 3.8) is 0 Å². The van der Waals surface area contributed by atoms with Crippen molar-refractivity contribution in [2.45, 2.75) is 13.8 Å². The molecule has 1 aliphatic carbocycles. The SMILES string of the molecule is C=C1C=C(OC)C(C(C)C)=C(OC)C1=O. The summed E-state index contributed by atoms with van der Waals surface area (Å²) in [6.45, 7) is 7.64. The van der Waals surface area contributed by atoms with Crippen molar-refractivity contribution in [3.8, 4) is 0 Å². The highest BCUT2D eigenvalue weighted by Gasteiger charge is 2.28. The molecule has 0 bridgehead atoms. The van der Waals surface area contributed by atoms with Crippen LogP contribution in [0.1, 0.15) is 13.8 Å².